The number of hydrogen-bond donors (Lipinski definition) is 1. The Kier molecular flexibility index (Phi) is 5.00. The van der Waals surface area contributed by atoms with Gasteiger partial charge < -0.3 is 14.6 Å². The fourth-order valence-electron chi connectivity index (χ4n) is 1.83. The number of aryl methyl sites for hydroxylation is 2. The Balaban J connectivity index is 2.61. The zero-order chi connectivity index (χ0) is 12.9. The summed E-state index contributed by atoms with van der Waals surface area (Å²) in [4.78, 5) is 4.49. The minimum atomic E-state index is -0.161. The lowest BCUT2D eigenvalue weighted by Crippen LogP contribution is -2.34. The summed E-state index contributed by atoms with van der Waals surface area (Å²) >= 11 is 0. The van der Waals surface area contributed by atoms with E-state index in [1.54, 1.807) is 0 Å². The van der Waals surface area contributed by atoms with Crippen molar-refractivity contribution in [3.63, 3.8) is 0 Å². The van der Waals surface area contributed by atoms with Crippen LogP contribution in [0, 0.1) is 6.92 Å². The van der Waals surface area contributed by atoms with Crippen LogP contribution < -0.4 is 5.32 Å². The predicted molar refractivity (Wildman–Crippen MR) is 71.4 cm³/mol. The van der Waals surface area contributed by atoms with Crippen molar-refractivity contribution in [2.24, 2.45) is 0 Å². The van der Waals surface area contributed by atoms with E-state index in [1.807, 2.05) is 13.8 Å². The van der Waals surface area contributed by atoms with Crippen molar-refractivity contribution >= 4 is 5.95 Å². The molecule has 98 valence electrons. The predicted octanol–water partition coefficient (Wildman–Crippen LogP) is 2.83. The maximum atomic E-state index is 5.66. The molecule has 0 aliphatic heterocycles. The molecule has 0 spiro atoms. The average Bonchev–Trinajstić information content (AvgIpc) is 2.57. The van der Waals surface area contributed by atoms with E-state index in [-0.39, 0.29) is 5.60 Å². The summed E-state index contributed by atoms with van der Waals surface area (Å²) in [6, 6.07) is 0. The van der Waals surface area contributed by atoms with Gasteiger partial charge in [0, 0.05) is 25.9 Å². The number of anilines is 1. The van der Waals surface area contributed by atoms with Crippen LogP contribution >= 0.6 is 0 Å². The van der Waals surface area contributed by atoms with E-state index in [0.717, 1.165) is 37.8 Å². The van der Waals surface area contributed by atoms with Gasteiger partial charge >= 0.3 is 0 Å². The second-order valence-electron chi connectivity index (χ2n) is 4.95. The van der Waals surface area contributed by atoms with E-state index >= 15 is 0 Å². The lowest BCUT2D eigenvalue weighted by atomic mass is 10.1. The van der Waals surface area contributed by atoms with E-state index in [2.05, 4.69) is 41.8 Å². The van der Waals surface area contributed by atoms with Gasteiger partial charge in [-0.3, -0.25) is 0 Å². The molecule has 0 aliphatic carbocycles. The number of aromatic nitrogens is 2. The lowest BCUT2D eigenvalue weighted by molar-refractivity contribution is 0.000542. The van der Waals surface area contributed by atoms with Crippen molar-refractivity contribution in [2.45, 2.75) is 53.2 Å². The topological polar surface area (TPSA) is 39.1 Å². The number of hydrogen-bond acceptors (Lipinski definition) is 3. The minimum Gasteiger partial charge on any atom is -0.374 e. The number of ether oxygens (including phenoxy) is 1. The van der Waals surface area contributed by atoms with Crippen LogP contribution in [0.4, 0.5) is 5.95 Å². The van der Waals surface area contributed by atoms with Crippen molar-refractivity contribution in [3.05, 3.63) is 11.9 Å². The molecule has 1 rings (SSSR count). The van der Waals surface area contributed by atoms with Crippen molar-refractivity contribution in [1.29, 1.82) is 0 Å². The zero-order valence-corrected chi connectivity index (χ0v) is 11.7. The molecule has 1 aromatic rings. The molecule has 1 aromatic heterocycles. The summed E-state index contributed by atoms with van der Waals surface area (Å²) in [6.45, 7) is 12.9. The summed E-state index contributed by atoms with van der Waals surface area (Å²) < 4.78 is 7.82. The highest BCUT2D eigenvalue weighted by molar-refractivity contribution is 5.29. The van der Waals surface area contributed by atoms with Crippen LogP contribution in [0.5, 0.6) is 0 Å². The van der Waals surface area contributed by atoms with E-state index in [4.69, 9.17) is 4.74 Å². The highest BCUT2D eigenvalue weighted by Gasteiger charge is 2.18. The first-order valence-corrected chi connectivity index (χ1v) is 6.40. The zero-order valence-electron chi connectivity index (χ0n) is 11.7. The van der Waals surface area contributed by atoms with Gasteiger partial charge in [0.05, 0.1) is 11.3 Å². The maximum absolute atomic E-state index is 5.66. The fraction of sp³-hybridized carbons (Fsp3) is 0.769. The van der Waals surface area contributed by atoms with Crippen LogP contribution in [0.3, 0.4) is 0 Å². The van der Waals surface area contributed by atoms with E-state index in [1.165, 1.54) is 0 Å². The first-order valence-electron chi connectivity index (χ1n) is 6.40. The molecule has 17 heavy (non-hydrogen) atoms. The number of nitrogens with zero attached hydrogens (tertiary/aromatic N) is 2. The Morgan fingerprint density at radius 2 is 2.12 bits per heavy atom. The third-order valence-electron chi connectivity index (χ3n) is 2.57. The van der Waals surface area contributed by atoms with E-state index in [0.29, 0.717) is 0 Å². The summed E-state index contributed by atoms with van der Waals surface area (Å²) in [5.74, 6) is 0.942. The molecule has 1 N–H and O–H groups in total. The van der Waals surface area contributed by atoms with Gasteiger partial charge in [0.2, 0.25) is 5.95 Å². The summed E-state index contributed by atoms with van der Waals surface area (Å²) in [6.07, 6.45) is 3.19. The maximum Gasteiger partial charge on any atom is 0.203 e. The van der Waals surface area contributed by atoms with Gasteiger partial charge in [-0.1, -0.05) is 6.92 Å². The van der Waals surface area contributed by atoms with Gasteiger partial charge in [-0.15, -0.1) is 0 Å². The highest BCUT2D eigenvalue weighted by atomic mass is 16.5. The summed E-state index contributed by atoms with van der Waals surface area (Å²) in [7, 11) is 0. The van der Waals surface area contributed by atoms with Gasteiger partial charge in [0.25, 0.3) is 0 Å². The Hall–Kier alpha value is -1.03. The van der Waals surface area contributed by atoms with Crippen molar-refractivity contribution in [2.75, 3.05) is 18.5 Å². The molecule has 0 atom stereocenters. The molecule has 0 unspecified atom stereocenters. The lowest BCUT2D eigenvalue weighted by Gasteiger charge is -2.25. The molecule has 4 nitrogen and oxygen atoms in total. The molecule has 0 radical (unpaired) electrons. The van der Waals surface area contributed by atoms with Crippen LogP contribution in [-0.4, -0.2) is 28.3 Å². The molecule has 0 saturated carbocycles. The molecule has 0 aliphatic rings. The fourth-order valence-corrected chi connectivity index (χ4v) is 1.83. The molecule has 0 bridgehead atoms. The Labute approximate surface area is 104 Å². The van der Waals surface area contributed by atoms with Crippen molar-refractivity contribution in [3.8, 4) is 0 Å². The van der Waals surface area contributed by atoms with Crippen molar-refractivity contribution < 1.29 is 4.74 Å². The largest absolute Gasteiger partial charge is 0.374 e. The first kappa shape index (κ1) is 14.0. The molecule has 0 saturated heterocycles. The summed E-state index contributed by atoms with van der Waals surface area (Å²) in [5.41, 5.74) is 0.890. The number of rotatable bonds is 7. The second kappa shape index (κ2) is 6.05. The minimum absolute atomic E-state index is 0.161. The Morgan fingerprint density at radius 1 is 1.41 bits per heavy atom. The molecule has 0 fully saturated rings. The van der Waals surface area contributed by atoms with Crippen LogP contribution in [0.1, 0.15) is 39.8 Å². The van der Waals surface area contributed by atoms with Gasteiger partial charge in [-0.05, 0) is 34.1 Å². The second-order valence-corrected chi connectivity index (χ2v) is 4.95. The first-order chi connectivity index (χ1) is 7.98. The van der Waals surface area contributed by atoms with Gasteiger partial charge in [0.1, 0.15) is 0 Å². The van der Waals surface area contributed by atoms with E-state index < -0.39 is 0 Å². The van der Waals surface area contributed by atoms with Crippen LogP contribution in [0.15, 0.2) is 6.20 Å². The average molecular weight is 239 g/mol. The molecule has 0 aromatic carbocycles. The van der Waals surface area contributed by atoms with Crippen LogP contribution in [-0.2, 0) is 11.3 Å². The van der Waals surface area contributed by atoms with Gasteiger partial charge in [-0.2, -0.15) is 0 Å². The standard InChI is InChI=1S/C13H25N3O/c1-6-8-16-9-11(3)15-12(16)14-10-13(4,5)17-7-2/h9H,6-8,10H2,1-5H3,(H,14,15). The van der Waals surface area contributed by atoms with Crippen molar-refractivity contribution in [1.82, 2.24) is 9.55 Å². The van der Waals surface area contributed by atoms with Crippen LogP contribution in [0.25, 0.3) is 0 Å². The van der Waals surface area contributed by atoms with Gasteiger partial charge in [0.15, 0.2) is 0 Å². The number of nitrogens with one attached hydrogen (secondary N) is 1. The highest BCUT2D eigenvalue weighted by Crippen LogP contribution is 2.13. The Morgan fingerprint density at radius 3 is 2.71 bits per heavy atom. The third kappa shape index (κ3) is 4.38. The third-order valence-corrected chi connectivity index (χ3v) is 2.57. The Bertz CT molecular complexity index is 344. The molecule has 0 amide bonds. The monoisotopic (exact) mass is 239 g/mol. The number of imidazole rings is 1. The summed E-state index contributed by atoms with van der Waals surface area (Å²) in [5, 5.41) is 3.37. The molecule has 1 heterocycles. The molecule has 4 heteroatoms. The SMILES string of the molecule is CCCn1cc(C)nc1NCC(C)(C)OCC. The normalized spacial score (nSPS) is 11.8. The van der Waals surface area contributed by atoms with Gasteiger partial charge in [-0.25, -0.2) is 4.98 Å². The van der Waals surface area contributed by atoms with Crippen LogP contribution in [0.2, 0.25) is 0 Å². The van der Waals surface area contributed by atoms with E-state index in [9.17, 15) is 0 Å². The quantitative estimate of drug-likeness (QED) is 0.795. The molecular weight excluding hydrogens is 214 g/mol. The molecular formula is C13H25N3O. The smallest absolute Gasteiger partial charge is 0.203 e.